The Morgan fingerprint density at radius 3 is 2.55 bits per heavy atom. The van der Waals surface area contributed by atoms with Crippen LogP contribution < -0.4 is 5.32 Å². The molecule has 2 N–H and O–H groups in total. The maximum Gasteiger partial charge on any atom is 0.399 e. The van der Waals surface area contributed by atoms with Crippen LogP contribution >= 0.6 is 0 Å². The number of aromatic amines is 1. The minimum Gasteiger partial charge on any atom is -0.346 e. The summed E-state index contributed by atoms with van der Waals surface area (Å²) in [5.74, 6) is -0.276. The van der Waals surface area contributed by atoms with Gasteiger partial charge in [-0.15, -0.1) is 0 Å². The first-order valence-corrected chi connectivity index (χ1v) is 9.78. The van der Waals surface area contributed by atoms with Crippen molar-refractivity contribution in [1.29, 1.82) is 0 Å². The van der Waals surface area contributed by atoms with Crippen LogP contribution in [0.4, 0.5) is 13.2 Å². The molecule has 0 aliphatic heterocycles. The summed E-state index contributed by atoms with van der Waals surface area (Å²) in [6, 6.07) is 13.2. The fourth-order valence-electron chi connectivity index (χ4n) is 3.35. The van der Waals surface area contributed by atoms with Crippen molar-refractivity contribution in [2.45, 2.75) is 38.4 Å². The first-order valence-electron chi connectivity index (χ1n) is 9.78. The summed E-state index contributed by atoms with van der Waals surface area (Å²) >= 11 is 0. The van der Waals surface area contributed by atoms with Gasteiger partial charge in [-0.05, 0) is 62.7 Å². The Morgan fingerprint density at radius 1 is 1.03 bits per heavy atom. The lowest BCUT2D eigenvalue weighted by molar-refractivity contribution is -0.181. The van der Waals surface area contributed by atoms with Crippen LogP contribution in [0.1, 0.15) is 48.4 Å². The van der Waals surface area contributed by atoms with Crippen molar-refractivity contribution in [1.82, 2.24) is 20.5 Å². The van der Waals surface area contributed by atoms with Gasteiger partial charge in [0.1, 0.15) is 5.41 Å². The molecule has 2 aromatic heterocycles. The lowest BCUT2D eigenvalue weighted by Gasteiger charge is -2.27. The van der Waals surface area contributed by atoms with Crippen molar-refractivity contribution in [3.8, 4) is 0 Å². The number of aromatic nitrogens is 3. The summed E-state index contributed by atoms with van der Waals surface area (Å²) in [5, 5.41) is 11.4. The molecule has 31 heavy (non-hydrogen) atoms. The van der Waals surface area contributed by atoms with Gasteiger partial charge in [-0.2, -0.15) is 18.3 Å². The predicted molar refractivity (Wildman–Crippen MR) is 113 cm³/mol. The minimum atomic E-state index is -4.41. The fraction of sp³-hybridized carbons (Fsp3) is 0.261. The van der Waals surface area contributed by atoms with Crippen LogP contribution in [0, 0.1) is 0 Å². The number of alkyl halides is 3. The van der Waals surface area contributed by atoms with E-state index in [4.69, 9.17) is 0 Å². The maximum absolute atomic E-state index is 13.3. The van der Waals surface area contributed by atoms with Gasteiger partial charge in [-0.25, -0.2) is 0 Å². The van der Waals surface area contributed by atoms with Crippen molar-refractivity contribution in [2.75, 3.05) is 0 Å². The average molecular weight is 426 g/mol. The first-order chi connectivity index (χ1) is 14.6. The summed E-state index contributed by atoms with van der Waals surface area (Å²) in [7, 11) is 0. The highest BCUT2D eigenvalue weighted by atomic mass is 19.4. The van der Waals surface area contributed by atoms with E-state index < -0.39 is 11.6 Å². The number of nitrogens with zero attached hydrogens (tertiary/aromatic N) is 2. The van der Waals surface area contributed by atoms with Gasteiger partial charge in [0.25, 0.3) is 5.91 Å². The Labute approximate surface area is 176 Å². The molecule has 2 heterocycles. The van der Waals surface area contributed by atoms with Crippen LogP contribution in [0.15, 0.2) is 54.7 Å². The number of halogens is 3. The molecule has 4 rings (SSSR count). The van der Waals surface area contributed by atoms with E-state index in [2.05, 4.69) is 20.5 Å². The number of carbonyl (C=O) groups is 1. The Hall–Kier alpha value is -3.42. The van der Waals surface area contributed by atoms with E-state index in [-0.39, 0.29) is 17.6 Å². The average Bonchev–Trinajstić information content (AvgIpc) is 3.19. The van der Waals surface area contributed by atoms with Gasteiger partial charge >= 0.3 is 6.18 Å². The molecule has 0 bridgehead atoms. The summed E-state index contributed by atoms with van der Waals surface area (Å²) in [6.45, 7) is 4.09. The van der Waals surface area contributed by atoms with Gasteiger partial charge < -0.3 is 5.32 Å². The van der Waals surface area contributed by atoms with Crippen molar-refractivity contribution in [2.24, 2.45) is 0 Å². The number of benzene rings is 2. The molecule has 1 unspecified atom stereocenters. The molecule has 4 aromatic rings. The molecule has 1 amide bonds. The normalized spacial score (nSPS) is 13.5. The number of hydrogen-bond acceptors (Lipinski definition) is 3. The summed E-state index contributed by atoms with van der Waals surface area (Å²) in [4.78, 5) is 16.9. The van der Waals surface area contributed by atoms with E-state index in [1.54, 1.807) is 30.5 Å². The Bertz CT molecular complexity index is 1280. The number of H-pyrrole nitrogens is 1. The number of pyridine rings is 1. The third kappa shape index (κ3) is 3.85. The van der Waals surface area contributed by atoms with E-state index in [0.29, 0.717) is 16.5 Å². The minimum absolute atomic E-state index is 0.0621. The number of fused-ring (bicyclic) bond motifs is 2. The highest BCUT2D eigenvalue weighted by Gasteiger charge is 2.49. The molecule has 2 aromatic carbocycles. The van der Waals surface area contributed by atoms with Gasteiger partial charge in [0.05, 0.1) is 29.0 Å². The summed E-state index contributed by atoms with van der Waals surface area (Å²) < 4.78 is 40.0. The molecule has 5 nitrogen and oxygen atoms in total. The molecular formula is C23H21F3N4O. The smallest absolute Gasteiger partial charge is 0.346 e. The standard InChI is InChI=1S/C23H21F3N4O/c1-13(14-4-8-19-17(10-14)12-27-30-19)28-21(31)16-5-7-18-15(11-16)6-9-20(29-18)22(2,3)23(24,25)26/h4-13H,1-3H3,(H,27,30)(H,28,31). The molecule has 8 heteroatoms. The first kappa shape index (κ1) is 20.8. The van der Waals surface area contributed by atoms with Crippen LogP contribution in [-0.4, -0.2) is 27.3 Å². The maximum atomic E-state index is 13.3. The quantitative estimate of drug-likeness (QED) is 0.456. The molecule has 1 atom stereocenters. The second kappa shape index (κ2) is 7.37. The molecule has 160 valence electrons. The SMILES string of the molecule is CC(NC(=O)c1ccc2nc(C(C)(C)C(F)(F)F)ccc2c1)c1ccc2[nH]ncc2c1. The van der Waals surface area contributed by atoms with E-state index in [1.165, 1.54) is 6.07 Å². The van der Waals surface area contributed by atoms with E-state index in [1.807, 2.05) is 25.1 Å². The number of amides is 1. The predicted octanol–water partition coefficient (Wildman–Crippen LogP) is 5.44. The molecule has 0 fully saturated rings. The Kier molecular flexibility index (Phi) is 4.95. The van der Waals surface area contributed by atoms with Crippen LogP contribution in [0.3, 0.4) is 0 Å². The van der Waals surface area contributed by atoms with Crippen LogP contribution in [0.5, 0.6) is 0 Å². The van der Waals surface area contributed by atoms with Crippen molar-refractivity contribution in [3.05, 3.63) is 71.5 Å². The third-order valence-electron chi connectivity index (χ3n) is 5.61. The van der Waals surface area contributed by atoms with Gasteiger partial charge in [0, 0.05) is 16.3 Å². The van der Waals surface area contributed by atoms with Crippen molar-refractivity contribution >= 4 is 27.7 Å². The summed E-state index contributed by atoms with van der Waals surface area (Å²) in [5.41, 5.74) is 0.537. The molecule has 0 radical (unpaired) electrons. The number of nitrogens with one attached hydrogen (secondary N) is 2. The fourth-order valence-corrected chi connectivity index (χ4v) is 3.35. The third-order valence-corrected chi connectivity index (χ3v) is 5.61. The number of hydrogen-bond donors (Lipinski definition) is 2. The van der Waals surface area contributed by atoms with E-state index in [9.17, 15) is 18.0 Å². The van der Waals surface area contributed by atoms with E-state index >= 15 is 0 Å². The number of rotatable bonds is 4. The number of carbonyl (C=O) groups excluding carboxylic acids is 1. The van der Waals surface area contributed by atoms with Gasteiger partial charge in [0.2, 0.25) is 0 Å². The van der Waals surface area contributed by atoms with Gasteiger partial charge in [-0.3, -0.25) is 14.9 Å². The van der Waals surface area contributed by atoms with Crippen LogP contribution in [0.25, 0.3) is 21.8 Å². The molecule has 0 spiro atoms. The van der Waals surface area contributed by atoms with Crippen LogP contribution in [-0.2, 0) is 5.41 Å². The molecule has 0 saturated carbocycles. The molecule has 0 aliphatic carbocycles. The Balaban J connectivity index is 1.56. The lowest BCUT2D eigenvalue weighted by Crippen LogP contribution is -2.37. The zero-order valence-electron chi connectivity index (χ0n) is 17.2. The second-order valence-corrected chi connectivity index (χ2v) is 8.14. The topological polar surface area (TPSA) is 70.7 Å². The molecule has 0 saturated heterocycles. The van der Waals surface area contributed by atoms with Gasteiger partial charge in [-0.1, -0.05) is 12.1 Å². The zero-order chi connectivity index (χ0) is 22.4. The monoisotopic (exact) mass is 426 g/mol. The molecule has 0 aliphatic rings. The zero-order valence-corrected chi connectivity index (χ0v) is 17.2. The largest absolute Gasteiger partial charge is 0.399 e. The highest BCUT2D eigenvalue weighted by molar-refractivity contribution is 5.98. The van der Waals surface area contributed by atoms with Crippen molar-refractivity contribution < 1.29 is 18.0 Å². The summed E-state index contributed by atoms with van der Waals surface area (Å²) in [6.07, 6.45) is -2.69. The second-order valence-electron chi connectivity index (χ2n) is 8.14. The Morgan fingerprint density at radius 2 is 1.81 bits per heavy atom. The van der Waals surface area contributed by atoms with Crippen LogP contribution in [0.2, 0.25) is 0 Å². The molecular weight excluding hydrogens is 405 g/mol. The lowest BCUT2D eigenvalue weighted by atomic mass is 9.87. The van der Waals surface area contributed by atoms with E-state index in [0.717, 1.165) is 30.3 Å². The van der Waals surface area contributed by atoms with Crippen molar-refractivity contribution in [3.63, 3.8) is 0 Å². The van der Waals surface area contributed by atoms with Gasteiger partial charge in [0.15, 0.2) is 0 Å². The highest BCUT2D eigenvalue weighted by Crippen LogP contribution is 2.40.